The molecule has 0 N–H and O–H groups in total. The number of amides is 1. The molecule has 0 atom stereocenters. The summed E-state index contributed by atoms with van der Waals surface area (Å²) in [6, 6.07) is 5.17. The third kappa shape index (κ3) is 3.64. The summed E-state index contributed by atoms with van der Waals surface area (Å²) in [4.78, 5) is 19.2. The van der Waals surface area contributed by atoms with Crippen LogP contribution in [0.15, 0.2) is 28.1 Å². The van der Waals surface area contributed by atoms with Crippen LogP contribution in [0, 0.1) is 6.92 Å². The number of carbonyl (C=O) groups excluding carboxylic acids is 1. The largest absolute Gasteiger partial charge is 0.287 e. The maximum atomic E-state index is 12.6. The molecule has 0 saturated carbocycles. The van der Waals surface area contributed by atoms with Crippen LogP contribution in [0.25, 0.3) is 6.08 Å². The minimum Gasteiger partial charge on any atom is -0.287 e. The van der Waals surface area contributed by atoms with Crippen molar-refractivity contribution >= 4 is 68.6 Å². The molecule has 24 heavy (non-hydrogen) atoms. The number of hydrogen-bond acceptors (Lipinski definition) is 6. The van der Waals surface area contributed by atoms with E-state index in [0.717, 1.165) is 10.6 Å². The molecular formula is C15H12Cl2N4OS2. The maximum Gasteiger partial charge on any atom is 0.266 e. The number of benzene rings is 1. The van der Waals surface area contributed by atoms with Gasteiger partial charge in [-0.3, -0.25) is 9.69 Å². The van der Waals surface area contributed by atoms with Gasteiger partial charge in [0.15, 0.2) is 5.17 Å². The molecule has 3 rings (SSSR count). The second-order valence-corrected chi connectivity index (χ2v) is 7.84. The maximum absolute atomic E-state index is 12.6. The lowest BCUT2D eigenvalue weighted by atomic mass is 10.2. The normalized spacial score (nSPS) is 18.2. The highest BCUT2D eigenvalue weighted by atomic mass is 35.5. The van der Waals surface area contributed by atoms with Gasteiger partial charge >= 0.3 is 0 Å². The third-order valence-corrected chi connectivity index (χ3v) is 5.46. The fraction of sp³-hybridized carbons (Fsp3) is 0.200. The number of halogens is 2. The van der Waals surface area contributed by atoms with E-state index in [1.54, 1.807) is 29.2 Å². The number of nitrogens with zero attached hydrogens (tertiary/aromatic N) is 4. The summed E-state index contributed by atoms with van der Waals surface area (Å²) in [5, 5.41) is 10.9. The van der Waals surface area contributed by atoms with Crippen LogP contribution in [0.5, 0.6) is 0 Å². The van der Waals surface area contributed by atoms with Gasteiger partial charge < -0.3 is 0 Å². The fourth-order valence-corrected chi connectivity index (χ4v) is 4.16. The summed E-state index contributed by atoms with van der Waals surface area (Å²) in [5.41, 5.74) is 0.737. The van der Waals surface area contributed by atoms with Crippen LogP contribution in [0.3, 0.4) is 0 Å². The van der Waals surface area contributed by atoms with Gasteiger partial charge in [-0.2, -0.15) is 4.99 Å². The zero-order valence-corrected chi connectivity index (χ0v) is 15.9. The van der Waals surface area contributed by atoms with Crippen molar-refractivity contribution < 1.29 is 4.79 Å². The second-order valence-electron chi connectivity index (χ2n) is 4.82. The summed E-state index contributed by atoms with van der Waals surface area (Å²) in [6.45, 7) is 4.28. The van der Waals surface area contributed by atoms with Crippen LogP contribution in [0.2, 0.25) is 10.0 Å². The Labute approximate surface area is 157 Å². The van der Waals surface area contributed by atoms with Gasteiger partial charge in [-0.25, -0.2) is 0 Å². The van der Waals surface area contributed by atoms with E-state index < -0.39 is 0 Å². The molecule has 1 saturated heterocycles. The van der Waals surface area contributed by atoms with Crippen LogP contribution >= 0.6 is 46.3 Å². The molecule has 1 aliphatic heterocycles. The van der Waals surface area contributed by atoms with Crippen molar-refractivity contribution in [1.29, 1.82) is 0 Å². The van der Waals surface area contributed by atoms with Crippen molar-refractivity contribution in [3.63, 3.8) is 0 Å². The Morgan fingerprint density at radius 2 is 2.12 bits per heavy atom. The van der Waals surface area contributed by atoms with Gasteiger partial charge in [0, 0.05) is 16.6 Å². The first kappa shape index (κ1) is 17.4. The number of carbonyl (C=O) groups is 1. The first-order valence-electron chi connectivity index (χ1n) is 7.03. The smallest absolute Gasteiger partial charge is 0.266 e. The second kappa shape index (κ2) is 7.23. The van der Waals surface area contributed by atoms with Crippen molar-refractivity contribution in [3.05, 3.63) is 43.7 Å². The van der Waals surface area contributed by atoms with Crippen molar-refractivity contribution in [2.24, 2.45) is 4.99 Å². The van der Waals surface area contributed by atoms with Gasteiger partial charge in [0.1, 0.15) is 5.01 Å². The molecule has 2 heterocycles. The number of rotatable bonds is 3. The number of thioether (sulfide) groups is 1. The minimum atomic E-state index is -0.103. The molecule has 1 aliphatic rings. The van der Waals surface area contributed by atoms with E-state index in [-0.39, 0.29) is 5.91 Å². The molecule has 5 nitrogen and oxygen atoms in total. The van der Waals surface area contributed by atoms with Gasteiger partial charge in [0.25, 0.3) is 5.91 Å². The van der Waals surface area contributed by atoms with Crippen molar-refractivity contribution in [3.8, 4) is 0 Å². The van der Waals surface area contributed by atoms with E-state index in [1.165, 1.54) is 23.1 Å². The van der Waals surface area contributed by atoms with Crippen molar-refractivity contribution in [1.82, 2.24) is 15.1 Å². The van der Waals surface area contributed by atoms with E-state index in [4.69, 9.17) is 23.2 Å². The SMILES string of the molecule is CCN1C(=O)/C(=C/c2ccc(Cl)cc2Cl)S/C1=N/c1nnc(C)s1. The summed E-state index contributed by atoms with van der Waals surface area (Å²) < 4.78 is 0. The van der Waals surface area contributed by atoms with Crippen molar-refractivity contribution in [2.45, 2.75) is 13.8 Å². The number of aromatic nitrogens is 2. The zero-order valence-electron chi connectivity index (χ0n) is 12.8. The zero-order chi connectivity index (χ0) is 17.3. The van der Waals surface area contributed by atoms with E-state index >= 15 is 0 Å². The lowest BCUT2D eigenvalue weighted by Gasteiger charge is -2.11. The minimum absolute atomic E-state index is 0.103. The van der Waals surface area contributed by atoms with Gasteiger partial charge in [0.2, 0.25) is 5.13 Å². The molecule has 1 aromatic carbocycles. The highest BCUT2D eigenvalue weighted by Crippen LogP contribution is 2.35. The number of hydrogen-bond donors (Lipinski definition) is 0. The average molecular weight is 399 g/mol. The molecule has 124 valence electrons. The predicted molar refractivity (Wildman–Crippen MR) is 101 cm³/mol. The molecule has 0 aliphatic carbocycles. The molecule has 0 radical (unpaired) electrons. The Bertz CT molecular complexity index is 863. The average Bonchev–Trinajstić information content (AvgIpc) is 3.06. The molecule has 1 aromatic heterocycles. The van der Waals surface area contributed by atoms with E-state index in [9.17, 15) is 4.79 Å². The first-order chi connectivity index (χ1) is 11.5. The lowest BCUT2D eigenvalue weighted by Crippen LogP contribution is -2.28. The third-order valence-electron chi connectivity index (χ3n) is 3.16. The fourth-order valence-electron chi connectivity index (χ4n) is 2.04. The highest BCUT2D eigenvalue weighted by molar-refractivity contribution is 8.18. The van der Waals surface area contributed by atoms with Gasteiger partial charge in [0.05, 0.1) is 4.91 Å². The Morgan fingerprint density at radius 1 is 1.33 bits per heavy atom. The van der Waals surface area contributed by atoms with Crippen molar-refractivity contribution in [2.75, 3.05) is 6.54 Å². The van der Waals surface area contributed by atoms with E-state index in [1.807, 2.05) is 13.8 Å². The highest BCUT2D eigenvalue weighted by Gasteiger charge is 2.32. The number of aryl methyl sites for hydroxylation is 1. The Morgan fingerprint density at radius 3 is 2.75 bits per heavy atom. The van der Waals surface area contributed by atoms with Gasteiger partial charge in [-0.05, 0) is 49.4 Å². The Balaban J connectivity index is 1.95. The topological polar surface area (TPSA) is 58.5 Å². The molecule has 0 bridgehead atoms. The molecule has 1 amide bonds. The quantitative estimate of drug-likeness (QED) is 0.698. The van der Waals surface area contributed by atoms with E-state index in [0.29, 0.717) is 31.8 Å². The van der Waals surface area contributed by atoms with Crippen LogP contribution in [0.4, 0.5) is 5.13 Å². The van der Waals surface area contributed by atoms with Crippen LogP contribution in [0.1, 0.15) is 17.5 Å². The summed E-state index contributed by atoms with van der Waals surface area (Å²) in [7, 11) is 0. The molecule has 2 aromatic rings. The molecule has 0 unspecified atom stereocenters. The Hall–Kier alpha value is -1.41. The molecular weight excluding hydrogens is 387 g/mol. The standard InChI is InChI=1S/C15H12Cl2N4OS2/c1-3-21-13(22)12(6-9-4-5-10(16)7-11(9)17)24-15(21)18-14-20-19-8(2)23-14/h4-7H,3H2,1-2H3/b12-6-,18-15+. The van der Waals surface area contributed by atoms with Gasteiger partial charge in [-0.1, -0.05) is 40.6 Å². The predicted octanol–water partition coefficient (Wildman–Crippen LogP) is 4.78. The first-order valence-corrected chi connectivity index (χ1v) is 9.42. The van der Waals surface area contributed by atoms with Crippen LogP contribution in [-0.2, 0) is 4.79 Å². The molecule has 1 fully saturated rings. The summed E-state index contributed by atoms with van der Waals surface area (Å²) in [6.07, 6.45) is 1.75. The number of amidine groups is 1. The van der Waals surface area contributed by atoms with Gasteiger partial charge in [-0.15, -0.1) is 10.2 Å². The number of aliphatic imine (C=N–C) groups is 1. The van der Waals surface area contributed by atoms with Crippen LogP contribution < -0.4 is 0 Å². The molecule has 9 heteroatoms. The summed E-state index contributed by atoms with van der Waals surface area (Å²) >= 11 is 14.8. The summed E-state index contributed by atoms with van der Waals surface area (Å²) in [5.74, 6) is -0.103. The Kier molecular flexibility index (Phi) is 5.24. The monoisotopic (exact) mass is 398 g/mol. The molecule has 0 spiro atoms. The number of likely N-dealkylation sites (N-methyl/N-ethyl adjacent to an activating group) is 1. The van der Waals surface area contributed by atoms with E-state index in [2.05, 4.69) is 15.2 Å². The van der Waals surface area contributed by atoms with Crippen LogP contribution in [-0.4, -0.2) is 32.7 Å². The lowest BCUT2D eigenvalue weighted by molar-refractivity contribution is -0.122.